The zero-order valence-electron chi connectivity index (χ0n) is 14.3. The van der Waals surface area contributed by atoms with Crippen molar-refractivity contribution in [3.8, 4) is 22.3 Å². The molecule has 0 heteroatoms. The third-order valence-electron chi connectivity index (χ3n) is 4.96. The number of hydrogen-bond donors (Lipinski definition) is 0. The fourth-order valence-electron chi connectivity index (χ4n) is 3.69. The van der Waals surface area contributed by atoms with Crippen LogP contribution in [0.1, 0.15) is 0 Å². The molecule has 0 atom stereocenters. The highest BCUT2D eigenvalue weighted by Gasteiger charge is 2.10. The van der Waals surface area contributed by atoms with Crippen LogP contribution >= 0.6 is 0 Å². The molecular formula is C26H17. The molecule has 0 heterocycles. The van der Waals surface area contributed by atoms with Crippen molar-refractivity contribution in [3.05, 3.63) is 109 Å². The number of fused-ring (bicyclic) bond motifs is 2. The smallest absolute Gasteiger partial charge is 0.00141 e. The van der Waals surface area contributed by atoms with E-state index in [0.29, 0.717) is 0 Å². The highest BCUT2D eigenvalue weighted by Crippen LogP contribution is 2.36. The minimum Gasteiger partial charge on any atom is -0.0616 e. The van der Waals surface area contributed by atoms with Crippen LogP contribution in [-0.4, -0.2) is 0 Å². The molecule has 0 aliphatic heterocycles. The Bertz CT molecular complexity index is 1230. The third kappa shape index (κ3) is 2.48. The summed E-state index contributed by atoms with van der Waals surface area (Å²) in [6, 6.07) is 40.1. The Balaban J connectivity index is 1.76. The fourth-order valence-corrected chi connectivity index (χ4v) is 3.69. The molecule has 0 aliphatic rings. The van der Waals surface area contributed by atoms with Crippen LogP contribution in [0.15, 0.2) is 103 Å². The molecule has 0 bridgehead atoms. The van der Waals surface area contributed by atoms with Crippen molar-refractivity contribution in [2.45, 2.75) is 0 Å². The van der Waals surface area contributed by atoms with Crippen LogP contribution in [0, 0.1) is 6.07 Å². The van der Waals surface area contributed by atoms with Crippen molar-refractivity contribution in [2.24, 2.45) is 0 Å². The molecule has 0 unspecified atom stereocenters. The highest BCUT2D eigenvalue weighted by atomic mass is 14.1. The summed E-state index contributed by atoms with van der Waals surface area (Å²) in [7, 11) is 0. The first-order valence-corrected chi connectivity index (χ1v) is 8.89. The molecule has 0 nitrogen and oxygen atoms in total. The number of rotatable bonds is 2. The third-order valence-corrected chi connectivity index (χ3v) is 4.96. The van der Waals surface area contributed by atoms with Gasteiger partial charge in [0.25, 0.3) is 0 Å². The Hall–Kier alpha value is -3.38. The van der Waals surface area contributed by atoms with Gasteiger partial charge < -0.3 is 0 Å². The topological polar surface area (TPSA) is 0 Å². The van der Waals surface area contributed by atoms with Gasteiger partial charge in [0.15, 0.2) is 0 Å². The minimum absolute atomic E-state index is 1.13. The summed E-state index contributed by atoms with van der Waals surface area (Å²) in [5.74, 6) is 0. The van der Waals surface area contributed by atoms with Crippen LogP contribution in [0.5, 0.6) is 0 Å². The van der Waals surface area contributed by atoms with Gasteiger partial charge in [0, 0.05) is 0 Å². The van der Waals surface area contributed by atoms with Gasteiger partial charge in [0.2, 0.25) is 0 Å². The molecule has 0 fully saturated rings. The lowest BCUT2D eigenvalue weighted by Crippen LogP contribution is -1.87. The summed E-state index contributed by atoms with van der Waals surface area (Å²) in [5, 5.41) is 4.92. The molecule has 26 heavy (non-hydrogen) atoms. The van der Waals surface area contributed by atoms with E-state index in [2.05, 4.69) is 109 Å². The lowest BCUT2D eigenvalue weighted by atomic mass is 9.91. The summed E-state index contributed by atoms with van der Waals surface area (Å²) in [5.41, 5.74) is 4.86. The molecule has 0 N–H and O–H groups in total. The van der Waals surface area contributed by atoms with E-state index in [4.69, 9.17) is 0 Å². The van der Waals surface area contributed by atoms with Crippen LogP contribution in [0.2, 0.25) is 0 Å². The zero-order valence-corrected chi connectivity index (χ0v) is 14.3. The lowest BCUT2D eigenvalue weighted by Gasteiger charge is -2.13. The molecule has 0 spiro atoms. The monoisotopic (exact) mass is 329 g/mol. The van der Waals surface area contributed by atoms with Crippen molar-refractivity contribution >= 4 is 21.5 Å². The van der Waals surface area contributed by atoms with Gasteiger partial charge in [0.1, 0.15) is 0 Å². The summed E-state index contributed by atoms with van der Waals surface area (Å²) in [4.78, 5) is 0. The molecular weight excluding hydrogens is 312 g/mol. The number of hydrogen-bond acceptors (Lipinski definition) is 0. The Morgan fingerprint density at radius 2 is 1.08 bits per heavy atom. The van der Waals surface area contributed by atoms with E-state index < -0.39 is 0 Å². The summed E-state index contributed by atoms with van der Waals surface area (Å²) in [6.07, 6.45) is 0. The van der Waals surface area contributed by atoms with E-state index in [1.54, 1.807) is 0 Å². The van der Waals surface area contributed by atoms with Gasteiger partial charge in [-0.1, -0.05) is 103 Å². The maximum atomic E-state index is 3.60. The first kappa shape index (κ1) is 14.9. The average Bonchev–Trinajstić information content (AvgIpc) is 2.73. The summed E-state index contributed by atoms with van der Waals surface area (Å²) in [6.45, 7) is 0. The first-order valence-electron chi connectivity index (χ1n) is 8.89. The van der Waals surface area contributed by atoms with Gasteiger partial charge in [-0.15, -0.1) is 0 Å². The molecule has 0 saturated heterocycles. The Labute approximate surface area is 153 Å². The van der Waals surface area contributed by atoms with E-state index >= 15 is 0 Å². The first-order chi connectivity index (χ1) is 12.9. The standard InChI is InChI=1S/C26H17/c1-2-10-21-18-22(17-16-19(21)8-1)24-13-5-6-14-25(24)26-15-7-11-20-9-3-4-12-23(20)26/h1-17H. The Morgan fingerprint density at radius 1 is 0.423 bits per heavy atom. The van der Waals surface area contributed by atoms with Crippen molar-refractivity contribution in [1.82, 2.24) is 0 Å². The predicted octanol–water partition coefficient (Wildman–Crippen LogP) is 7.13. The largest absolute Gasteiger partial charge is 0.0616 e. The second kappa shape index (κ2) is 6.16. The normalized spacial score (nSPS) is 11.1. The molecule has 1 radical (unpaired) electrons. The van der Waals surface area contributed by atoms with Crippen LogP contribution < -0.4 is 0 Å². The van der Waals surface area contributed by atoms with Crippen LogP contribution in [0.25, 0.3) is 43.8 Å². The maximum Gasteiger partial charge on any atom is -0.00141 e. The molecule has 0 aliphatic carbocycles. The molecule has 5 rings (SSSR count). The van der Waals surface area contributed by atoms with Gasteiger partial charge in [0.05, 0.1) is 0 Å². The molecule has 5 aromatic carbocycles. The second-order valence-electron chi connectivity index (χ2n) is 6.53. The van der Waals surface area contributed by atoms with E-state index in [-0.39, 0.29) is 0 Å². The van der Waals surface area contributed by atoms with Gasteiger partial charge in [-0.05, 0) is 49.9 Å². The molecule has 0 saturated carbocycles. The Kier molecular flexibility index (Phi) is 3.54. The van der Waals surface area contributed by atoms with Gasteiger partial charge in [-0.3, -0.25) is 0 Å². The summed E-state index contributed by atoms with van der Waals surface area (Å²) >= 11 is 0. The predicted molar refractivity (Wildman–Crippen MR) is 111 cm³/mol. The van der Waals surface area contributed by atoms with Crippen molar-refractivity contribution in [2.75, 3.05) is 0 Å². The SMILES string of the molecule is [c]1c(-c2ccccc2-c2cccc3ccccc23)ccc2ccccc12. The van der Waals surface area contributed by atoms with E-state index in [1.165, 1.54) is 32.8 Å². The van der Waals surface area contributed by atoms with E-state index in [1.807, 2.05) is 0 Å². The van der Waals surface area contributed by atoms with E-state index in [9.17, 15) is 0 Å². The van der Waals surface area contributed by atoms with Gasteiger partial charge in [-0.2, -0.15) is 0 Å². The Morgan fingerprint density at radius 3 is 2.00 bits per heavy atom. The fraction of sp³-hybridized carbons (Fsp3) is 0. The van der Waals surface area contributed by atoms with Crippen molar-refractivity contribution < 1.29 is 0 Å². The average molecular weight is 329 g/mol. The zero-order chi connectivity index (χ0) is 17.3. The van der Waals surface area contributed by atoms with Crippen LogP contribution in [0.3, 0.4) is 0 Å². The minimum atomic E-state index is 1.13. The maximum absolute atomic E-state index is 3.60. The summed E-state index contributed by atoms with van der Waals surface area (Å²) < 4.78 is 0. The number of benzene rings is 5. The van der Waals surface area contributed by atoms with Crippen molar-refractivity contribution in [3.63, 3.8) is 0 Å². The quantitative estimate of drug-likeness (QED) is 0.323. The lowest BCUT2D eigenvalue weighted by molar-refractivity contribution is 1.61. The molecule has 0 aromatic heterocycles. The van der Waals surface area contributed by atoms with Crippen LogP contribution in [0.4, 0.5) is 0 Å². The van der Waals surface area contributed by atoms with E-state index in [0.717, 1.165) is 10.9 Å². The molecule has 121 valence electrons. The van der Waals surface area contributed by atoms with Gasteiger partial charge in [-0.25, -0.2) is 0 Å². The van der Waals surface area contributed by atoms with Crippen molar-refractivity contribution in [1.29, 1.82) is 0 Å². The molecule has 5 aromatic rings. The molecule has 0 amide bonds. The van der Waals surface area contributed by atoms with Gasteiger partial charge >= 0.3 is 0 Å². The van der Waals surface area contributed by atoms with Crippen LogP contribution in [-0.2, 0) is 0 Å². The highest BCUT2D eigenvalue weighted by molar-refractivity contribution is 6.01. The second-order valence-corrected chi connectivity index (χ2v) is 6.53.